The van der Waals surface area contributed by atoms with E-state index in [9.17, 15) is 4.79 Å². The summed E-state index contributed by atoms with van der Waals surface area (Å²) in [6.07, 6.45) is 1.00. The van der Waals surface area contributed by atoms with Gasteiger partial charge in [-0.2, -0.15) is 0 Å². The van der Waals surface area contributed by atoms with E-state index >= 15 is 0 Å². The van der Waals surface area contributed by atoms with E-state index in [4.69, 9.17) is 21.1 Å². The molecule has 7 heteroatoms. The van der Waals surface area contributed by atoms with Crippen LogP contribution in [0.5, 0.6) is 5.75 Å². The number of hydrogen-bond acceptors (Lipinski definition) is 5. The third kappa shape index (κ3) is 4.47. The number of thiazole rings is 1. The van der Waals surface area contributed by atoms with Crippen LogP contribution >= 0.6 is 22.9 Å². The SMILES string of the molecule is Cc1nc(COc2ccc(Cl)cc2)sc1C(=O)NC[C@H]1CCOC1. The van der Waals surface area contributed by atoms with Gasteiger partial charge in [0.15, 0.2) is 0 Å². The molecule has 24 heavy (non-hydrogen) atoms. The van der Waals surface area contributed by atoms with Crippen LogP contribution in [0.1, 0.15) is 26.8 Å². The van der Waals surface area contributed by atoms with Crippen LogP contribution in [0.3, 0.4) is 0 Å². The molecule has 0 saturated carbocycles. The lowest BCUT2D eigenvalue weighted by Crippen LogP contribution is -2.29. The molecule has 128 valence electrons. The van der Waals surface area contributed by atoms with Crippen LogP contribution in [0.15, 0.2) is 24.3 Å². The van der Waals surface area contributed by atoms with Gasteiger partial charge in [-0.25, -0.2) is 4.98 Å². The Balaban J connectivity index is 1.55. The first kappa shape index (κ1) is 17.2. The molecule has 0 spiro atoms. The lowest BCUT2D eigenvalue weighted by Gasteiger charge is -2.08. The number of halogens is 1. The fourth-order valence-corrected chi connectivity index (χ4v) is 3.48. The normalized spacial score (nSPS) is 17.0. The highest BCUT2D eigenvalue weighted by Gasteiger charge is 2.19. The van der Waals surface area contributed by atoms with Gasteiger partial charge in [0.25, 0.3) is 5.91 Å². The van der Waals surface area contributed by atoms with Crippen LogP contribution in [0.25, 0.3) is 0 Å². The summed E-state index contributed by atoms with van der Waals surface area (Å²) in [5.74, 6) is 1.06. The predicted octanol–water partition coefficient (Wildman–Crippen LogP) is 3.45. The molecular formula is C17H19ClN2O3S. The van der Waals surface area contributed by atoms with E-state index in [1.807, 2.05) is 6.92 Å². The molecule has 1 aliphatic heterocycles. The molecule has 0 unspecified atom stereocenters. The molecule has 1 aliphatic rings. The van der Waals surface area contributed by atoms with Gasteiger partial charge in [0, 0.05) is 24.1 Å². The zero-order valence-corrected chi connectivity index (χ0v) is 15.0. The third-order valence-corrected chi connectivity index (χ3v) is 5.18. The quantitative estimate of drug-likeness (QED) is 0.850. The molecule has 3 rings (SSSR count). The monoisotopic (exact) mass is 366 g/mol. The van der Waals surface area contributed by atoms with Crippen molar-refractivity contribution in [2.24, 2.45) is 5.92 Å². The second kappa shape index (κ2) is 7.96. The summed E-state index contributed by atoms with van der Waals surface area (Å²) in [7, 11) is 0. The van der Waals surface area contributed by atoms with Crippen LogP contribution < -0.4 is 10.1 Å². The number of ether oxygens (including phenoxy) is 2. The highest BCUT2D eigenvalue weighted by Crippen LogP contribution is 2.21. The first-order chi connectivity index (χ1) is 11.6. The van der Waals surface area contributed by atoms with E-state index in [0.717, 1.165) is 36.1 Å². The summed E-state index contributed by atoms with van der Waals surface area (Å²) in [5.41, 5.74) is 0.731. The Labute approximate surface area is 150 Å². The van der Waals surface area contributed by atoms with Gasteiger partial charge < -0.3 is 14.8 Å². The molecule has 1 fully saturated rings. The van der Waals surface area contributed by atoms with Gasteiger partial charge in [0.2, 0.25) is 0 Å². The molecular weight excluding hydrogens is 348 g/mol. The van der Waals surface area contributed by atoms with Gasteiger partial charge in [0.05, 0.1) is 12.3 Å². The van der Waals surface area contributed by atoms with Crippen LogP contribution in [0, 0.1) is 12.8 Å². The fourth-order valence-electron chi connectivity index (χ4n) is 2.46. The minimum Gasteiger partial charge on any atom is -0.486 e. The molecule has 5 nitrogen and oxygen atoms in total. The molecule has 0 radical (unpaired) electrons. The minimum atomic E-state index is -0.0744. The second-order valence-corrected chi connectivity index (χ2v) is 7.22. The third-order valence-electron chi connectivity index (χ3n) is 3.80. The van der Waals surface area contributed by atoms with E-state index < -0.39 is 0 Å². The van der Waals surface area contributed by atoms with E-state index in [1.54, 1.807) is 24.3 Å². The number of nitrogens with one attached hydrogen (secondary N) is 1. The molecule has 1 saturated heterocycles. The maximum absolute atomic E-state index is 12.3. The zero-order chi connectivity index (χ0) is 16.9. The van der Waals surface area contributed by atoms with Crippen molar-refractivity contribution in [3.8, 4) is 5.75 Å². The summed E-state index contributed by atoms with van der Waals surface area (Å²) in [6, 6.07) is 7.16. The minimum absolute atomic E-state index is 0.0744. The maximum Gasteiger partial charge on any atom is 0.263 e. The summed E-state index contributed by atoms with van der Waals surface area (Å²) < 4.78 is 11.0. The number of benzene rings is 1. The molecule has 1 aromatic carbocycles. The molecule has 2 aromatic rings. The van der Waals surface area contributed by atoms with Crippen molar-refractivity contribution in [1.82, 2.24) is 10.3 Å². The molecule has 0 bridgehead atoms. The Hall–Kier alpha value is -1.63. The smallest absolute Gasteiger partial charge is 0.263 e. The number of amides is 1. The summed E-state index contributed by atoms with van der Waals surface area (Å²) in [5, 5.41) is 4.41. The lowest BCUT2D eigenvalue weighted by molar-refractivity contribution is 0.0948. The van der Waals surface area contributed by atoms with Gasteiger partial charge in [0.1, 0.15) is 22.2 Å². The van der Waals surface area contributed by atoms with Gasteiger partial charge in [-0.1, -0.05) is 11.6 Å². The average Bonchev–Trinajstić information content (AvgIpc) is 3.22. The van der Waals surface area contributed by atoms with Crippen molar-refractivity contribution in [2.75, 3.05) is 19.8 Å². The standard InChI is InChI=1S/C17H19ClN2O3S/c1-11-16(17(21)19-8-12-6-7-22-9-12)24-15(20-11)10-23-14-4-2-13(18)3-5-14/h2-5,12H,6-10H2,1H3,(H,19,21)/t12-/m1/s1. The molecule has 1 amide bonds. The second-order valence-electron chi connectivity index (χ2n) is 5.70. The van der Waals surface area contributed by atoms with Crippen LogP contribution in [-0.2, 0) is 11.3 Å². The summed E-state index contributed by atoms with van der Waals surface area (Å²) >= 11 is 7.21. The van der Waals surface area contributed by atoms with Crippen molar-refractivity contribution in [3.63, 3.8) is 0 Å². The lowest BCUT2D eigenvalue weighted by atomic mass is 10.1. The number of carbonyl (C=O) groups is 1. The van der Waals surface area contributed by atoms with Crippen molar-refractivity contribution in [2.45, 2.75) is 20.0 Å². The van der Waals surface area contributed by atoms with Crippen LogP contribution in [0.2, 0.25) is 5.02 Å². The summed E-state index contributed by atoms with van der Waals surface area (Å²) in [4.78, 5) is 17.4. The average molecular weight is 367 g/mol. The van der Waals surface area contributed by atoms with E-state index in [-0.39, 0.29) is 5.91 Å². The Morgan fingerprint density at radius 2 is 2.25 bits per heavy atom. The number of hydrogen-bond donors (Lipinski definition) is 1. The highest BCUT2D eigenvalue weighted by molar-refractivity contribution is 7.13. The Morgan fingerprint density at radius 3 is 2.96 bits per heavy atom. The van der Waals surface area contributed by atoms with E-state index in [2.05, 4.69) is 10.3 Å². The largest absolute Gasteiger partial charge is 0.486 e. The molecule has 0 aliphatic carbocycles. The number of nitrogens with zero attached hydrogens (tertiary/aromatic N) is 1. The number of aromatic nitrogens is 1. The zero-order valence-electron chi connectivity index (χ0n) is 13.4. The van der Waals surface area contributed by atoms with Gasteiger partial charge in [-0.3, -0.25) is 4.79 Å². The molecule has 1 aromatic heterocycles. The first-order valence-electron chi connectivity index (χ1n) is 7.82. The first-order valence-corrected chi connectivity index (χ1v) is 9.02. The number of carbonyl (C=O) groups excluding carboxylic acids is 1. The fraction of sp³-hybridized carbons (Fsp3) is 0.412. The predicted molar refractivity (Wildman–Crippen MR) is 93.9 cm³/mol. The Morgan fingerprint density at radius 1 is 1.46 bits per heavy atom. The van der Waals surface area contributed by atoms with Gasteiger partial charge in [-0.05, 0) is 37.6 Å². The van der Waals surface area contributed by atoms with Crippen molar-refractivity contribution >= 4 is 28.8 Å². The van der Waals surface area contributed by atoms with E-state index in [0.29, 0.717) is 29.0 Å². The van der Waals surface area contributed by atoms with Crippen molar-refractivity contribution in [3.05, 3.63) is 44.9 Å². The molecule has 1 atom stereocenters. The maximum atomic E-state index is 12.3. The van der Waals surface area contributed by atoms with E-state index in [1.165, 1.54) is 11.3 Å². The molecule has 2 heterocycles. The summed E-state index contributed by atoms with van der Waals surface area (Å²) in [6.45, 7) is 4.33. The number of rotatable bonds is 6. The Kier molecular flexibility index (Phi) is 5.71. The highest BCUT2D eigenvalue weighted by atomic mass is 35.5. The molecule has 1 N–H and O–H groups in total. The van der Waals surface area contributed by atoms with Crippen LogP contribution in [0.4, 0.5) is 0 Å². The van der Waals surface area contributed by atoms with Crippen molar-refractivity contribution in [1.29, 1.82) is 0 Å². The Bertz CT molecular complexity index is 696. The van der Waals surface area contributed by atoms with Crippen molar-refractivity contribution < 1.29 is 14.3 Å². The van der Waals surface area contributed by atoms with Crippen LogP contribution in [-0.4, -0.2) is 30.6 Å². The topological polar surface area (TPSA) is 60.5 Å². The number of aryl methyl sites for hydroxylation is 1. The van der Waals surface area contributed by atoms with Gasteiger partial charge >= 0.3 is 0 Å². The van der Waals surface area contributed by atoms with Gasteiger partial charge in [-0.15, -0.1) is 11.3 Å².